The molecule has 0 saturated heterocycles. The zero-order chi connectivity index (χ0) is 26.8. The third-order valence-electron chi connectivity index (χ3n) is 6.58. The summed E-state index contributed by atoms with van der Waals surface area (Å²) in [5, 5.41) is 21.5. The van der Waals surface area contributed by atoms with Gasteiger partial charge in [-0.25, -0.2) is 9.97 Å². The van der Waals surface area contributed by atoms with Gasteiger partial charge < -0.3 is 21.3 Å². The van der Waals surface area contributed by atoms with Crippen molar-refractivity contribution in [2.24, 2.45) is 10.9 Å². The van der Waals surface area contributed by atoms with Crippen LogP contribution in [0.2, 0.25) is 0 Å². The second kappa shape index (κ2) is 10.6. The van der Waals surface area contributed by atoms with Crippen molar-refractivity contribution >= 4 is 56.6 Å². The molecule has 1 aromatic carbocycles. The second-order valence-electron chi connectivity index (χ2n) is 9.46. The molecule has 2 aliphatic rings. The van der Waals surface area contributed by atoms with E-state index in [0.29, 0.717) is 41.7 Å². The zero-order valence-electron chi connectivity index (χ0n) is 21.4. The molecule has 0 radical (unpaired) electrons. The van der Waals surface area contributed by atoms with Gasteiger partial charge in [-0.1, -0.05) is 12.1 Å². The largest absolute Gasteiger partial charge is 0.379 e. The topological polar surface area (TPSA) is 142 Å². The number of carbonyl (C=O) groups is 1. The Morgan fingerprint density at radius 3 is 2.79 bits per heavy atom. The van der Waals surface area contributed by atoms with Crippen LogP contribution in [0, 0.1) is 12.8 Å². The molecule has 0 unspecified atom stereocenters. The van der Waals surface area contributed by atoms with Crippen LogP contribution < -0.4 is 26.7 Å². The molecular formula is C28H28N9OS+. The number of amides is 1. The Morgan fingerprint density at radius 2 is 2.00 bits per heavy atom. The number of thiophene rings is 1. The Labute approximate surface area is 229 Å². The van der Waals surface area contributed by atoms with Gasteiger partial charge in [0, 0.05) is 23.2 Å². The molecule has 10 nitrogen and oxygen atoms in total. The van der Waals surface area contributed by atoms with Gasteiger partial charge in [0.1, 0.15) is 18.8 Å². The first-order valence-electron chi connectivity index (χ1n) is 12.7. The maximum absolute atomic E-state index is 13.6. The van der Waals surface area contributed by atoms with Gasteiger partial charge in [0.15, 0.2) is 11.5 Å². The number of nitrogens with two attached hydrogens (primary N) is 1. The molecule has 1 aliphatic carbocycles. The lowest BCUT2D eigenvalue weighted by Gasteiger charge is -2.16. The van der Waals surface area contributed by atoms with Crippen molar-refractivity contribution in [1.29, 1.82) is 0 Å². The summed E-state index contributed by atoms with van der Waals surface area (Å²) in [4.78, 5) is 31.1. The average molecular weight is 539 g/mol. The predicted molar refractivity (Wildman–Crippen MR) is 155 cm³/mol. The third-order valence-corrected chi connectivity index (χ3v) is 7.56. The molecule has 1 aliphatic heterocycles. The SMILES string of the molecule is Cc1cccc(CNc2cccc(NC(=O)c3csc4c(NC5=CC=NCN5)ncnc34)c2C(=[NH2+])C2CC2)n1. The molecule has 1 amide bonds. The van der Waals surface area contributed by atoms with Crippen molar-refractivity contribution in [2.75, 3.05) is 22.6 Å². The van der Waals surface area contributed by atoms with E-state index in [1.807, 2.05) is 54.8 Å². The molecule has 196 valence electrons. The number of rotatable bonds is 9. The molecule has 11 heteroatoms. The van der Waals surface area contributed by atoms with Crippen LogP contribution in [0.15, 0.2) is 65.0 Å². The van der Waals surface area contributed by atoms with Crippen LogP contribution in [-0.4, -0.2) is 39.5 Å². The number of allylic oxidation sites excluding steroid dienone is 1. The molecule has 6 N–H and O–H groups in total. The first-order valence-corrected chi connectivity index (χ1v) is 13.6. The number of aliphatic imine (C=N–C) groups is 1. The Balaban J connectivity index is 1.28. The highest BCUT2D eigenvalue weighted by molar-refractivity contribution is 7.18. The molecule has 1 fully saturated rings. The fraction of sp³-hybridized carbons (Fsp3) is 0.214. The summed E-state index contributed by atoms with van der Waals surface area (Å²) in [6.45, 7) is 3.01. The molecule has 3 aromatic heterocycles. The van der Waals surface area contributed by atoms with Crippen molar-refractivity contribution in [3.05, 3.63) is 82.5 Å². The maximum atomic E-state index is 13.6. The number of pyridine rings is 1. The number of nitrogens with zero attached hydrogens (tertiary/aromatic N) is 4. The minimum Gasteiger partial charge on any atom is -0.379 e. The number of anilines is 3. The van der Waals surface area contributed by atoms with Crippen LogP contribution in [0.3, 0.4) is 0 Å². The van der Waals surface area contributed by atoms with Crippen LogP contribution >= 0.6 is 11.3 Å². The summed E-state index contributed by atoms with van der Waals surface area (Å²) in [5.41, 5.74) is 6.09. The summed E-state index contributed by atoms with van der Waals surface area (Å²) >= 11 is 1.42. The molecule has 4 heterocycles. The number of hydrogen-bond acceptors (Lipinski definition) is 9. The number of benzene rings is 1. The van der Waals surface area contributed by atoms with Crippen molar-refractivity contribution in [3.8, 4) is 0 Å². The zero-order valence-corrected chi connectivity index (χ0v) is 22.2. The van der Waals surface area contributed by atoms with Crippen molar-refractivity contribution in [3.63, 3.8) is 0 Å². The summed E-state index contributed by atoms with van der Waals surface area (Å²) < 4.78 is 0.790. The molecule has 39 heavy (non-hydrogen) atoms. The summed E-state index contributed by atoms with van der Waals surface area (Å²) in [7, 11) is 0. The summed E-state index contributed by atoms with van der Waals surface area (Å²) in [6.07, 6.45) is 7.11. The smallest absolute Gasteiger partial charge is 0.258 e. The lowest BCUT2D eigenvalue weighted by molar-refractivity contribution is -0.116. The number of fused-ring (bicyclic) bond motifs is 1. The Hall–Kier alpha value is -4.64. The predicted octanol–water partition coefficient (Wildman–Crippen LogP) is 3.10. The van der Waals surface area contributed by atoms with Gasteiger partial charge in [0.05, 0.1) is 45.0 Å². The molecule has 0 atom stereocenters. The Bertz CT molecular complexity index is 1640. The van der Waals surface area contributed by atoms with E-state index in [2.05, 4.69) is 41.2 Å². The standard InChI is InChI=1S/C28H27N9OS/c1-16-4-2-5-18(35-16)12-31-20-6-3-7-21(23(20)24(29)17-8-9-17)36-28(38)19-13-39-26-25(19)33-15-34-27(26)37-22-10-11-30-14-32-22/h2-7,10-11,13,15,17,29,31-32H,8-9,12,14H2,1H3,(H,36,38)(H,33,34,37)/p+1. The van der Waals surface area contributed by atoms with E-state index in [9.17, 15) is 4.79 Å². The first kappa shape index (κ1) is 24.7. The third kappa shape index (κ3) is 5.34. The van der Waals surface area contributed by atoms with Gasteiger partial charge in [0.2, 0.25) is 0 Å². The van der Waals surface area contributed by atoms with Crippen molar-refractivity contribution in [2.45, 2.75) is 26.3 Å². The fourth-order valence-electron chi connectivity index (χ4n) is 4.47. The van der Waals surface area contributed by atoms with Crippen LogP contribution in [0.4, 0.5) is 17.2 Å². The first-order chi connectivity index (χ1) is 19.1. The molecule has 4 aromatic rings. The van der Waals surface area contributed by atoms with Gasteiger partial charge in [0.25, 0.3) is 5.91 Å². The van der Waals surface area contributed by atoms with Crippen LogP contribution in [0.5, 0.6) is 0 Å². The van der Waals surface area contributed by atoms with E-state index in [4.69, 9.17) is 5.41 Å². The summed E-state index contributed by atoms with van der Waals surface area (Å²) in [6, 6.07) is 11.7. The van der Waals surface area contributed by atoms with Gasteiger partial charge in [-0.3, -0.25) is 20.2 Å². The molecule has 0 bridgehead atoms. The average Bonchev–Trinajstić information content (AvgIpc) is 3.71. The van der Waals surface area contributed by atoms with Gasteiger partial charge in [-0.05, 0) is 50.1 Å². The number of carbonyl (C=O) groups excluding carboxylic acids is 1. The molecule has 6 rings (SSSR count). The number of hydrogen-bond donors (Lipinski definition) is 5. The minimum absolute atomic E-state index is 0.254. The van der Waals surface area contributed by atoms with E-state index >= 15 is 0 Å². The summed E-state index contributed by atoms with van der Waals surface area (Å²) in [5.74, 6) is 1.47. The van der Waals surface area contributed by atoms with E-state index in [0.717, 1.165) is 51.7 Å². The maximum Gasteiger partial charge on any atom is 0.258 e. The second-order valence-corrected chi connectivity index (χ2v) is 10.3. The molecule has 0 spiro atoms. The number of aromatic nitrogens is 3. The van der Waals surface area contributed by atoms with Crippen LogP contribution in [0.25, 0.3) is 10.2 Å². The highest BCUT2D eigenvalue weighted by Gasteiger charge is 2.35. The highest BCUT2D eigenvalue weighted by Crippen LogP contribution is 2.37. The minimum atomic E-state index is -0.254. The number of nitrogens with one attached hydrogen (secondary N) is 4. The van der Waals surface area contributed by atoms with Gasteiger partial charge in [-0.2, -0.15) is 0 Å². The quantitative estimate of drug-likeness (QED) is 0.206. The molecular weight excluding hydrogens is 510 g/mol. The normalized spacial score (nSPS) is 14.4. The monoisotopic (exact) mass is 538 g/mol. The van der Waals surface area contributed by atoms with Crippen LogP contribution in [-0.2, 0) is 6.54 Å². The Morgan fingerprint density at radius 1 is 1.15 bits per heavy atom. The van der Waals surface area contributed by atoms with Crippen molar-refractivity contribution < 1.29 is 10.2 Å². The van der Waals surface area contributed by atoms with Gasteiger partial charge >= 0.3 is 0 Å². The van der Waals surface area contributed by atoms with Gasteiger partial charge in [-0.15, -0.1) is 11.3 Å². The highest BCUT2D eigenvalue weighted by atomic mass is 32.1. The lowest BCUT2D eigenvalue weighted by atomic mass is 10.0. The Kier molecular flexibility index (Phi) is 6.72. The lowest BCUT2D eigenvalue weighted by Crippen LogP contribution is -2.42. The fourth-order valence-corrected chi connectivity index (χ4v) is 5.41. The van der Waals surface area contributed by atoms with Crippen molar-refractivity contribution in [1.82, 2.24) is 20.3 Å². The van der Waals surface area contributed by atoms with E-state index in [1.54, 1.807) is 6.21 Å². The number of aryl methyl sites for hydroxylation is 1. The van der Waals surface area contributed by atoms with Crippen LogP contribution in [0.1, 0.15) is 40.2 Å². The van der Waals surface area contributed by atoms with E-state index in [-0.39, 0.29) is 5.91 Å². The van der Waals surface area contributed by atoms with E-state index < -0.39 is 0 Å². The molecule has 1 saturated carbocycles. The van der Waals surface area contributed by atoms with E-state index in [1.165, 1.54) is 17.7 Å².